The third-order valence-corrected chi connectivity index (χ3v) is 3.55. The molecule has 2 atom stereocenters. The molecule has 90 valence electrons. The molecule has 1 aromatic carbocycles. The first-order valence-corrected chi connectivity index (χ1v) is 6.59. The summed E-state index contributed by atoms with van der Waals surface area (Å²) < 4.78 is 0. The lowest BCUT2D eigenvalue weighted by Gasteiger charge is -2.12. The first-order valence-electron chi connectivity index (χ1n) is 5.37. The lowest BCUT2D eigenvalue weighted by atomic mass is 10.0. The van der Waals surface area contributed by atoms with Crippen LogP contribution in [0.15, 0.2) is 29.2 Å². The molecule has 2 unspecified atom stereocenters. The molecule has 0 aliphatic carbocycles. The number of carbonyl (C=O) groups is 2. The van der Waals surface area contributed by atoms with Crippen molar-refractivity contribution in [3.05, 3.63) is 29.8 Å². The number of ketones is 1. The van der Waals surface area contributed by atoms with Crippen LogP contribution in [0.4, 0.5) is 4.79 Å². The van der Waals surface area contributed by atoms with Gasteiger partial charge in [-0.1, -0.05) is 12.1 Å². The fraction of sp³-hybridized carbons (Fsp3) is 0.333. The van der Waals surface area contributed by atoms with Gasteiger partial charge in [0.15, 0.2) is 5.78 Å². The monoisotopic (exact) mass is 250 g/mol. The maximum atomic E-state index is 12.1. The third-order valence-electron chi connectivity index (χ3n) is 2.80. The Kier molecular flexibility index (Phi) is 3.38. The van der Waals surface area contributed by atoms with Crippen LogP contribution in [0.2, 0.25) is 0 Å². The number of urea groups is 1. The lowest BCUT2D eigenvalue weighted by molar-refractivity contribution is 0.0946. The normalized spacial score (nSPS) is 23.1. The van der Waals surface area contributed by atoms with Gasteiger partial charge in [0.25, 0.3) is 0 Å². The molecule has 0 bridgehead atoms. The quantitative estimate of drug-likeness (QED) is 0.633. The smallest absolute Gasteiger partial charge is 0.315 e. The van der Waals surface area contributed by atoms with Crippen LogP contribution in [0.25, 0.3) is 0 Å². The predicted octanol–water partition coefficient (Wildman–Crippen LogP) is 1.66. The lowest BCUT2D eigenvalue weighted by Crippen LogP contribution is -2.38. The first-order chi connectivity index (χ1) is 8.11. The molecule has 1 aliphatic rings. The molecule has 1 saturated heterocycles. The molecule has 2 rings (SSSR count). The fourth-order valence-electron chi connectivity index (χ4n) is 1.83. The minimum Gasteiger partial charge on any atom is -0.333 e. The van der Waals surface area contributed by atoms with Gasteiger partial charge in [-0.2, -0.15) is 0 Å². The van der Waals surface area contributed by atoms with Crippen molar-refractivity contribution in [2.24, 2.45) is 0 Å². The van der Waals surface area contributed by atoms with Crippen LogP contribution in [0.5, 0.6) is 0 Å². The van der Waals surface area contributed by atoms with E-state index in [1.807, 2.05) is 25.3 Å². The van der Waals surface area contributed by atoms with Gasteiger partial charge in [-0.15, -0.1) is 11.8 Å². The zero-order valence-electron chi connectivity index (χ0n) is 9.69. The Morgan fingerprint density at radius 2 is 1.88 bits per heavy atom. The van der Waals surface area contributed by atoms with Gasteiger partial charge in [0, 0.05) is 10.5 Å². The highest BCUT2D eigenvalue weighted by atomic mass is 32.2. The molecule has 0 aromatic heterocycles. The summed E-state index contributed by atoms with van der Waals surface area (Å²) in [4.78, 5) is 24.4. The molecule has 1 heterocycles. The summed E-state index contributed by atoms with van der Waals surface area (Å²) in [5.74, 6) is -0.0523. The van der Waals surface area contributed by atoms with Crippen LogP contribution in [-0.2, 0) is 0 Å². The van der Waals surface area contributed by atoms with Crippen LogP contribution in [0, 0.1) is 0 Å². The van der Waals surface area contributed by atoms with Gasteiger partial charge in [0.1, 0.15) is 6.04 Å². The van der Waals surface area contributed by atoms with E-state index in [-0.39, 0.29) is 17.9 Å². The van der Waals surface area contributed by atoms with E-state index in [0.717, 1.165) is 4.90 Å². The van der Waals surface area contributed by atoms with E-state index in [4.69, 9.17) is 0 Å². The van der Waals surface area contributed by atoms with E-state index in [9.17, 15) is 9.59 Å². The molecule has 17 heavy (non-hydrogen) atoms. The van der Waals surface area contributed by atoms with E-state index in [0.29, 0.717) is 5.56 Å². The van der Waals surface area contributed by atoms with Gasteiger partial charge in [0.05, 0.1) is 6.04 Å². The largest absolute Gasteiger partial charge is 0.333 e. The molecule has 5 heteroatoms. The molecule has 0 radical (unpaired) electrons. The molecule has 4 nitrogen and oxygen atoms in total. The summed E-state index contributed by atoms with van der Waals surface area (Å²) in [7, 11) is 0. The second kappa shape index (κ2) is 4.79. The topological polar surface area (TPSA) is 58.2 Å². The summed E-state index contributed by atoms with van der Waals surface area (Å²) in [5, 5.41) is 5.29. The zero-order valence-corrected chi connectivity index (χ0v) is 10.5. The number of benzene rings is 1. The molecular weight excluding hydrogens is 236 g/mol. The number of thioether (sulfide) groups is 1. The van der Waals surface area contributed by atoms with Crippen molar-refractivity contribution in [2.45, 2.75) is 23.9 Å². The van der Waals surface area contributed by atoms with Crippen molar-refractivity contribution < 1.29 is 9.59 Å². The van der Waals surface area contributed by atoms with Gasteiger partial charge in [-0.05, 0) is 25.3 Å². The fourth-order valence-corrected chi connectivity index (χ4v) is 2.23. The Morgan fingerprint density at radius 1 is 1.24 bits per heavy atom. The van der Waals surface area contributed by atoms with Crippen molar-refractivity contribution in [1.29, 1.82) is 0 Å². The second-order valence-corrected chi connectivity index (χ2v) is 4.86. The maximum Gasteiger partial charge on any atom is 0.315 e. The highest BCUT2D eigenvalue weighted by Crippen LogP contribution is 2.17. The second-order valence-electron chi connectivity index (χ2n) is 3.98. The van der Waals surface area contributed by atoms with E-state index < -0.39 is 6.04 Å². The van der Waals surface area contributed by atoms with E-state index >= 15 is 0 Å². The number of hydrogen-bond acceptors (Lipinski definition) is 3. The van der Waals surface area contributed by atoms with E-state index in [1.54, 1.807) is 23.9 Å². The Morgan fingerprint density at radius 3 is 2.35 bits per heavy atom. The van der Waals surface area contributed by atoms with Gasteiger partial charge in [-0.3, -0.25) is 4.79 Å². The average Bonchev–Trinajstić information content (AvgIpc) is 2.68. The number of Topliss-reactive ketones (excluding diaryl/α,β-unsaturated/α-hetero) is 1. The molecule has 0 spiro atoms. The van der Waals surface area contributed by atoms with Crippen LogP contribution in [0.1, 0.15) is 17.3 Å². The van der Waals surface area contributed by atoms with Crippen molar-refractivity contribution in [2.75, 3.05) is 6.26 Å². The van der Waals surface area contributed by atoms with Crippen molar-refractivity contribution >= 4 is 23.6 Å². The highest BCUT2D eigenvalue weighted by Gasteiger charge is 2.33. The van der Waals surface area contributed by atoms with Crippen LogP contribution >= 0.6 is 11.8 Å². The van der Waals surface area contributed by atoms with Crippen molar-refractivity contribution in [1.82, 2.24) is 10.6 Å². The average molecular weight is 250 g/mol. The Hall–Kier alpha value is -1.49. The first kappa shape index (κ1) is 12.0. The minimum atomic E-state index is -0.470. The van der Waals surface area contributed by atoms with Gasteiger partial charge in [0.2, 0.25) is 0 Å². The predicted molar refractivity (Wildman–Crippen MR) is 67.5 cm³/mol. The van der Waals surface area contributed by atoms with Gasteiger partial charge in [-0.25, -0.2) is 4.79 Å². The molecule has 2 amide bonds. The van der Waals surface area contributed by atoms with E-state index in [1.165, 1.54) is 0 Å². The summed E-state index contributed by atoms with van der Waals surface area (Å²) in [6.07, 6.45) is 1.99. The Labute approximate surface area is 104 Å². The Balaban J connectivity index is 2.16. The summed E-state index contributed by atoms with van der Waals surface area (Å²) in [6.45, 7) is 1.82. The van der Waals surface area contributed by atoms with Crippen molar-refractivity contribution in [3.8, 4) is 0 Å². The van der Waals surface area contributed by atoms with Crippen LogP contribution in [-0.4, -0.2) is 30.2 Å². The molecule has 1 fully saturated rings. The SMILES string of the molecule is CSc1ccc(C(=O)C2NC(=O)NC2C)cc1. The van der Waals surface area contributed by atoms with Crippen LogP contribution in [0.3, 0.4) is 0 Å². The minimum absolute atomic E-state index is 0.0523. The van der Waals surface area contributed by atoms with Gasteiger partial charge >= 0.3 is 6.03 Å². The zero-order chi connectivity index (χ0) is 12.4. The molecule has 1 aliphatic heterocycles. The van der Waals surface area contributed by atoms with E-state index in [2.05, 4.69) is 10.6 Å². The molecule has 1 aromatic rings. The molecule has 0 saturated carbocycles. The number of amides is 2. The molecular formula is C12H14N2O2S. The third kappa shape index (κ3) is 2.44. The maximum absolute atomic E-state index is 12.1. The summed E-state index contributed by atoms with van der Waals surface area (Å²) >= 11 is 1.63. The van der Waals surface area contributed by atoms with Crippen LogP contribution < -0.4 is 10.6 Å². The Bertz CT molecular complexity index is 444. The molecule has 2 N–H and O–H groups in total. The number of carbonyl (C=O) groups excluding carboxylic acids is 2. The summed E-state index contributed by atoms with van der Waals surface area (Å²) in [5.41, 5.74) is 0.628. The standard InChI is InChI=1S/C12H14N2O2S/c1-7-10(14-12(16)13-7)11(15)8-3-5-9(17-2)6-4-8/h3-7,10H,1-2H3,(H2,13,14,16). The number of nitrogens with one attached hydrogen (secondary N) is 2. The summed E-state index contributed by atoms with van der Waals surface area (Å²) in [6, 6.07) is 6.49. The number of rotatable bonds is 3. The van der Waals surface area contributed by atoms with Crippen molar-refractivity contribution in [3.63, 3.8) is 0 Å². The van der Waals surface area contributed by atoms with Gasteiger partial charge < -0.3 is 10.6 Å². The number of hydrogen-bond donors (Lipinski definition) is 2. The highest BCUT2D eigenvalue weighted by molar-refractivity contribution is 7.98.